The second-order valence-corrected chi connectivity index (χ2v) is 8.29. The highest BCUT2D eigenvalue weighted by molar-refractivity contribution is 9.10. The molecule has 0 atom stereocenters. The molecule has 0 aliphatic heterocycles. The Morgan fingerprint density at radius 1 is 1.22 bits per heavy atom. The Hall–Kier alpha value is -2.46. The van der Waals surface area contributed by atoms with Crippen LogP contribution in [0.15, 0.2) is 47.2 Å². The Kier molecular flexibility index (Phi) is 7.89. The fourth-order valence-electron chi connectivity index (χ4n) is 2.69. The van der Waals surface area contributed by atoms with E-state index in [0.29, 0.717) is 11.1 Å². The number of nitrogens with one attached hydrogen (secondary N) is 2. The first-order valence-electron chi connectivity index (χ1n) is 9.03. The lowest BCUT2D eigenvalue weighted by molar-refractivity contribution is -0.116. The van der Waals surface area contributed by atoms with Crippen molar-refractivity contribution in [2.75, 3.05) is 11.9 Å². The third kappa shape index (κ3) is 5.47. The van der Waals surface area contributed by atoms with Crippen molar-refractivity contribution in [3.05, 3.63) is 73.5 Å². The van der Waals surface area contributed by atoms with Crippen LogP contribution >= 0.6 is 50.7 Å². The highest BCUT2D eigenvalue weighted by Crippen LogP contribution is 2.35. The number of anilines is 1. The maximum absolute atomic E-state index is 14.9. The zero-order valence-electron chi connectivity index (χ0n) is 16.3. The van der Waals surface area contributed by atoms with Crippen molar-refractivity contribution in [1.29, 1.82) is 0 Å². The normalized spacial score (nSPS) is 11.4. The van der Waals surface area contributed by atoms with Gasteiger partial charge in [0, 0.05) is 35.5 Å². The van der Waals surface area contributed by atoms with Crippen LogP contribution in [-0.2, 0) is 4.79 Å². The average molecular weight is 562 g/mol. The van der Waals surface area contributed by atoms with Crippen LogP contribution in [0.5, 0.6) is 0 Å². The molecular weight excluding hydrogens is 548 g/mol. The number of carbonyl (C=O) groups excluding carboxylic acids is 2. The van der Waals surface area contributed by atoms with E-state index in [0.717, 1.165) is 6.08 Å². The smallest absolute Gasteiger partial charge is 0.274 e. The Morgan fingerprint density at radius 2 is 1.97 bits per heavy atom. The molecule has 166 valence electrons. The number of pyridine rings is 1. The zero-order chi connectivity index (χ0) is 23.4. The van der Waals surface area contributed by atoms with E-state index in [2.05, 4.69) is 36.6 Å². The number of rotatable bonds is 6. The number of halogens is 5. The summed E-state index contributed by atoms with van der Waals surface area (Å²) >= 11 is 21.7. The predicted molar refractivity (Wildman–Crippen MR) is 126 cm³/mol. The van der Waals surface area contributed by atoms with Gasteiger partial charge in [-0.25, -0.2) is 14.1 Å². The van der Waals surface area contributed by atoms with Gasteiger partial charge in [-0.3, -0.25) is 9.59 Å². The van der Waals surface area contributed by atoms with Crippen LogP contribution in [0.3, 0.4) is 0 Å². The van der Waals surface area contributed by atoms with Crippen molar-refractivity contribution in [3.8, 4) is 5.82 Å². The lowest BCUT2D eigenvalue weighted by Gasteiger charge is -2.14. The van der Waals surface area contributed by atoms with E-state index in [1.54, 1.807) is 19.1 Å². The second-order valence-electron chi connectivity index (χ2n) is 6.22. The summed E-state index contributed by atoms with van der Waals surface area (Å²) in [5.74, 6) is -2.04. The highest BCUT2D eigenvalue weighted by Gasteiger charge is 2.22. The molecule has 2 amide bonds. The number of aromatic nitrogens is 3. The maximum atomic E-state index is 14.9. The number of carbonyl (C=O) groups is 2. The summed E-state index contributed by atoms with van der Waals surface area (Å²) in [5, 5.41) is 9.56. The molecule has 0 unspecified atom stereocenters. The van der Waals surface area contributed by atoms with Gasteiger partial charge in [-0.2, -0.15) is 5.10 Å². The van der Waals surface area contributed by atoms with E-state index >= 15 is 0 Å². The van der Waals surface area contributed by atoms with Gasteiger partial charge < -0.3 is 10.6 Å². The fraction of sp³-hybridized carbons (Fsp3) is 0.100. The Morgan fingerprint density at radius 3 is 2.66 bits per heavy atom. The Bertz CT molecular complexity index is 1230. The predicted octanol–water partition coefficient (Wildman–Crippen LogP) is 5.69. The lowest BCUT2D eigenvalue weighted by Crippen LogP contribution is -2.20. The molecule has 0 aliphatic rings. The minimum Gasteiger partial charge on any atom is -0.353 e. The van der Waals surface area contributed by atoms with Crippen molar-refractivity contribution in [1.82, 2.24) is 20.1 Å². The number of hydrogen-bond donors (Lipinski definition) is 2. The van der Waals surface area contributed by atoms with Crippen molar-refractivity contribution < 1.29 is 14.0 Å². The molecule has 3 aromatic rings. The van der Waals surface area contributed by atoms with Crippen LogP contribution in [0.25, 0.3) is 11.6 Å². The standard InChI is InChI=1S/C20H14BrCl3FN5O2/c1-2-26-17(31)8-14(25)11-6-10(22)7-13(24)18(11)28-20(32)15-9-16(21)29-30(15)19-12(23)4-3-5-27-19/h3-9H,2H2,1H3,(H,26,31)(H,28,32)/b14-8+. The molecule has 12 heteroatoms. The number of amides is 2. The molecule has 0 aliphatic carbocycles. The summed E-state index contributed by atoms with van der Waals surface area (Å²) in [4.78, 5) is 29.0. The third-order valence-electron chi connectivity index (χ3n) is 4.01. The molecule has 0 saturated heterocycles. The monoisotopic (exact) mass is 559 g/mol. The van der Waals surface area contributed by atoms with E-state index in [4.69, 9.17) is 34.8 Å². The van der Waals surface area contributed by atoms with Gasteiger partial charge in [0.2, 0.25) is 5.91 Å². The van der Waals surface area contributed by atoms with Crippen LogP contribution in [-0.4, -0.2) is 33.1 Å². The van der Waals surface area contributed by atoms with E-state index in [1.807, 2.05) is 0 Å². The topological polar surface area (TPSA) is 88.9 Å². The summed E-state index contributed by atoms with van der Waals surface area (Å²) in [5.41, 5.74) is -0.194. The largest absolute Gasteiger partial charge is 0.353 e. The first-order chi connectivity index (χ1) is 15.2. The van der Waals surface area contributed by atoms with Gasteiger partial charge in [-0.1, -0.05) is 34.8 Å². The van der Waals surface area contributed by atoms with Crippen LogP contribution in [0.4, 0.5) is 10.1 Å². The third-order valence-corrected chi connectivity index (χ3v) is 5.21. The van der Waals surface area contributed by atoms with Gasteiger partial charge in [-0.15, -0.1) is 0 Å². The fourth-order valence-corrected chi connectivity index (χ4v) is 3.81. The first-order valence-corrected chi connectivity index (χ1v) is 11.0. The van der Waals surface area contributed by atoms with Gasteiger partial charge in [0.25, 0.3) is 5.91 Å². The molecule has 0 spiro atoms. The molecule has 1 aromatic carbocycles. The molecule has 2 heterocycles. The molecule has 7 nitrogen and oxygen atoms in total. The summed E-state index contributed by atoms with van der Waals surface area (Å²) in [7, 11) is 0. The van der Waals surface area contributed by atoms with Gasteiger partial charge in [0.15, 0.2) is 5.82 Å². The summed E-state index contributed by atoms with van der Waals surface area (Å²) in [6, 6.07) is 7.25. The Balaban J connectivity index is 2.03. The van der Waals surface area contributed by atoms with E-state index in [-0.39, 0.29) is 37.8 Å². The average Bonchev–Trinajstić information content (AvgIpc) is 3.11. The van der Waals surface area contributed by atoms with Crippen molar-refractivity contribution in [2.24, 2.45) is 0 Å². The first kappa shape index (κ1) is 24.2. The van der Waals surface area contributed by atoms with E-state index < -0.39 is 17.6 Å². The molecule has 0 radical (unpaired) electrons. The quantitative estimate of drug-likeness (QED) is 0.379. The SMILES string of the molecule is CCNC(=O)/C=C(/F)c1cc(Cl)cc(Cl)c1NC(=O)c1cc(Br)nn1-c1ncccc1Cl. The van der Waals surface area contributed by atoms with E-state index in [1.165, 1.54) is 29.1 Å². The lowest BCUT2D eigenvalue weighted by atomic mass is 10.1. The van der Waals surface area contributed by atoms with Gasteiger partial charge in [0.1, 0.15) is 16.1 Å². The second kappa shape index (κ2) is 10.4. The summed E-state index contributed by atoms with van der Waals surface area (Å²) < 4.78 is 16.4. The van der Waals surface area contributed by atoms with Crippen molar-refractivity contribution in [2.45, 2.75) is 6.92 Å². The number of likely N-dealkylation sites (N-methyl/N-ethyl adjacent to an activating group) is 1. The number of benzene rings is 1. The molecule has 0 bridgehead atoms. The minimum absolute atomic E-state index is 0.0266. The zero-order valence-corrected chi connectivity index (χ0v) is 20.2. The van der Waals surface area contributed by atoms with Gasteiger partial charge in [0.05, 0.1) is 15.7 Å². The molecule has 0 saturated carbocycles. The summed E-state index contributed by atoms with van der Waals surface area (Å²) in [6.45, 7) is 2.01. The molecule has 3 rings (SSSR count). The molecule has 2 aromatic heterocycles. The molecule has 0 fully saturated rings. The van der Waals surface area contributed by atoms with Gasteiger partial charge >= 0.3 is 0 Å². The number of nitrogens with zero attached hydrogens (tertiary/aromatic N) is 3. The summed E-state index contributed by atoms with van der Waals surface area (Å²) in [6.07, 6.45) is 2.24. The molecular formula is C20H14BrCl3FN5O2. The van der Waals surface area contributed by atoms with Crippen LogP contribution in [0.2, 0.25) is 15.1 Å². The Labute approximate surface area is 205 Å². The highest BCUT2D eigenvalue weighted by atomic mass is 79.9. The molecule has 2 N–H and O–H groups in total. The minimum atomic E-state index is -0.932. The van der Waals surface area contributed by atoms with E-state index in [9.17, 15) is 14.0 Å². The van der Waals surface area contributed by atoms with Crippen LogP contribution in [0.1, 0.15) is 23.0 Å². The van der Waals surface area contributed by atoms with Gasteiger partial charge in [-0.05, 0) is 47.1 Å². The maximum Gasteiger partial charge on any atom is 0.274 e. The number of hydrogen-bond acceptors (Lipinski definition) is 4. The van der Waals surface area contributed by atoms with Crippen molar-refractivity contribution >= 4 is 74.1 Å². The van der Waals surface area contributed by atoms with Crippen molar-refractivity contribution in [3.63, 3.8) is 0 Å². The molecule has 32 heavy (non-hydrogen) atoms. The van der Waals surface area contributed by atoms with Crippen LogP contribution in [0, 0.1) is 0 Å². The van der Waals surface area contributed by atoms with Crippen LogP contribution < -0.4 is 10.6 Å².